The first-order valence-electron chi connectivity index (χ1n) is 14.1. The molecular formula is C38H36I4N2O2. The van der Waals surface area contributed by atoms with Crippen LogP contribution in [0.15, 0.2) is 121 Å². The molecule has 8 heteroatoms. The molecule has 0 saturated heterocycles. The number of rotatable bonds is 6. The van der Waals surface area contributed by atoms with Gasteiger partial charge in [-0.25, -0.2) is 0 Å². The summed E-state index contributed by atoms with van der Waals surface area (Å²) in [5.74, 6) is 1.76. The lowest BCUT2D eigenvalue weighted by Gasteiger charge is -2.00. The van der Waals surface area contributed by atoms with Crippen molar-refractivity contribution in [2.24, 2.45) is 14.1 Å². The molecule has 0 aliphatic rings. The van der Waals surface area contributed by atoms with Gasteiger partial charge in [-0.3, -0.25) is 0 Å². The van der Waals surface area contributed by atoms with Gasteiger partial charge in [-0.1, -0.05) is 48.5 Å². The van der Waals surface area contributed by atoms with E-state index in [1.807, 2.05) is 24.3 Å². The number of methoxy groups -OCH3 is 2. The minimum Gasteiger partial charge on any atom is -1.00 e. The van der Waals surface area contributed by atoms with Gasteiger partial charge in [-0.05, 0) is 71.8 Å². The molecule has 0 aliphatic carbocycles. The first-order valence-corrected chi connectivity index (χ1v) is 20.4. The van der Waals surface area contributed by atoms with E-state index in [1.165, 1.54) is 33.2 Å². The summed E-state index contributed by atoms with van der Waals surface area (Å²) >= 11 is 4.24. The number of ether oxygens (including phenoxy) is 2. The minimum atomic E-state index is 0. The van der Waals surface area contributed by atoms with Crippen molar-refractivity contribution in [3.05, 3.63) is 144 Å². The standard InChI is InChI=1S/2C19H18NO.I2.2HI/c2*1-20-17(12-10-16-5-3-4-6-19(16)20)11-7-15-8-13-18(21-2)14-9-15;1-2;;/h2*3-14H,1-2H3;;2*1H/q2*+1;;;/p-2/b2*11-7+;;;. The summed E-state index contributed by atoms with van der Waals surface area (Å²) in [6.45, 7) is 0. The smallest absolute Gasteiger partial charge is 0.212 e. The molecule has 0 saturated carbocycles. The summed E-state index contributed by atoms with van der Waals surface area (Å²) in [5, 5.41) is 2.50. The van der Waals surface area contributed by atoms with Crippen molar-refractivity contribution < 1.29 is 66.6 Å². The molecule has 0 amide bonds. The topological polar surface area (TPSA) is 26.2 Å². The predicted octanol–water partition coefficient (Wildman–Crippen LogP) is 3.47. The molecule has 2 aromatic heterocycles. The highest BCUT2D eigenvalue weighted by molar-refractivity contribution is 15.0. The van der Waals surface area contributed by atoms with Gasteiger partial charge in [0.25, 0.3) is 0 Å². The number of halogens is 4. The zero-order valence-electron chi connectivity index (χ0n) is 26.1. The van der Waals surface area contributed by atoms with Crippen LogP contribution >= 0.6 is 37.2 Å². The fourth-order valence-corrected chi connectivity index (χ4v) is 4.85. The lowest BCUT2D eigenvalue weighted by molar-refractivity contribution is -0.646. The first kappa shape index (κ1) is 39.9. The second kappa shape index (κ2) is 20.8. The number of hydrogen-bond donors (Lipinski definition) is 0. The number of aromatic nitrogens is 2. The van der Waals surface area contributed by atoms with Crippen LogP contribution in [0.4, 0.5) is 0 Å². The van der Waals surface area contributed by atoms with Crippen molar-refractivity contribution in [3.8, 4) is 11.5 Å². The zero-order chi connectivity index (χ0) is 31.3. The van der Waals surface area contributed by atoms with E-state index in [9.17, 15) is 0 Å². The van der Waals surface area contributed by atoms with E-state index in [4.69, 9.17) is 9.47 Å². The maximum Gasteiger partial charge on any atom is 0.212 e. The molecule has 2 heterocycles. The number of fused-ring (bicyclic) bond motifs is 2. The lowest BCUT2D eigenvalue weighted by atomic mass is 10.1. The van der Waals surface area contributed by atoms with Gasteiger partial charge in [0.05, 0.1) is 14.2 Å². The van der Waals surface area contributed by atoms with Crippen LogP contribution in [-0.4, -0.2) is 14.2 Å². The average molecular weight is 1060 g/mol. The molecule has 0 N–H and O–H groups in total. The number of nitrogens with zero attached hydrogens (tertiary/aromatic N) is 2. The molecule has 0 unspecified atom stereocenters. The summed E-state index contributed by atoms with van der Waals surface area (Å²) in [5.41, 5.74) is 7.12. The van der Waals surface area contributed by atoms with Gasteiger partial charge >= 0.3 is 0 Å². The minimum absolute atomic E-state index is 0. The summed E-state index contributed by atoms with van der Waals surface area (Å²) in [4.78, 5) is 0. The summed E-state index contributed by atoms with van der Waals surface area (Å²) in [6.07, 6.45) is 8.50. The third kappa shape index (κ3) is 10.9. The summed E-state index contributed by atoms with van der Waals surface area (Å²) in [7, 11) is 7.55. The van der Waals surface area contributed by atoms with Crippen LogP contribution in [0.2, 0.25) is 0 Å². The SMILES string of the molecule is COc1ccc(/C=C/c2ccc3ccccc3[n+]2C)cc1.COc1ccc(/C=C/c2ccc3ccccc3[n+]2C)cc1.II.[I-].[I-]. The first-order chi connectivity index (χ1) is 21.6. The molecular weight excluding hydrogens is 1020 g/mol. The zero-order valence-corrected chi connectivity index (χ0v) is 34.7. The highest BCUT2D eigenvalue weighted by Gasteiger charge is 2.09. The van der Waals surface area contributed by atoms with Gasteiger partial charge < -0.3 is 57.4 Å². The Bertz CT molecular complexity index is 1730. The van der Waals surface area contributed by atoms with Gasteiger partial charge in [0.1, 0.15) is 25.6 Å². The van der Waals surface area contributed by atoms with Crippen LogP contribution in [-0.2, 0) is 14.1 Å². The van der Waals surface area contributed by atoms with E-state index in [2.05, 4.69) is 182 Å². The third-order valence-electron chi connectivity index (χ3n) is 7.36. The molecule has 0 spiro atoms. The average Bonchev–Trinajstić information content (AvgIpc) is 3.09. The van der Waals surface area contributed by atoms with Crippen molar-refractivity contribution >= 4 is 83.3 Å². The Kier molecular flexibility index (Phi) is 18.1. The molecule has 4 aromatic carbocycles. The number of para-hydroxylation sites is 2. The Balaban J connectivity index is 0.000000292. The van der Waals surface area contributed by atoms with Crippen molar-refractivity contribution in [1.29, 1.82) is 0 Å². The van der Waals surface area contributed by atoms with Crippen LogP contribution in [0.3, 0.4) is 0 Å². The second-order valence-corrected chi connectivity index (χ2v) is 9.97. The molecule has 6 rings (SSSR count). The molecule has 0 bridgehead atoms. The number of hydrogen-bond acceptors (Lipinski definition) is 2. The number of pyridine rings is 2. The molecule has 0 aliphatic heterocycles. The maximum absolute atomic E-state index is 5.17. The normalized spacial score (nSPS) is 10.3. The lowest BCUT2D eigenvalue weighted by Crippen LogP contribution is -3.00. The quantitative estimate of drug-likeness (QED) is 0.189. The van der Waals surface area contributed by atoms with E-state index in [0.717, 1.165) is 22.6 Å². The Morgan fingerprint density at radius 1 is 0.457 bits per heavy atom. The van der Waals surface area contributed by atoms with E-state index >= 15 is 0 Å². The fraction of sp³-hybridized carbons (Fsp3) is 0.105. The van der Waals surface area contributed by atoms with Gasteiger partial charge in [0, 0.05) is 84.4 Å². The maximum atomic E-state index is 5.17. The molecule has 4 nitrogen and oxygen atoms in total. The van der Waals surface area contributed by atoms with E-state index < -0.39 is 0 Å². The Morgan fingerprint density at radius 2 is 0.804 bits per heavy atom. The summed E-state index contributed by atoms with van der Waals surface area (Å²) in [6, 6.07) is 41.5. The van der Waals surface area contributed by atoms with Gasteiger partial charge in [-0.15, -0.1) is 0 Å². The van der Waals surface area contributed by atoms with E-state index in [0.29, 0.717) is 0 Å². The van der Waals surface area contributed by atoms with Crippen LogP contribution < -0.4 is 66.6 Å². The van der Waals surface area contributed by atoms with Crippen LogP contribution in [0.1, 0.15) is 22.5 Å². The van der Waals surface area contributed by atoms with E-state index in [-0.39, 0.29) is 48.0 Å². The fourth-order valence-electron chi connectivity index (χ4n) is 4.85. The largest absolute Gasteiger partial charge is 1.00 e. The molecule has 0 fully saturated rings. The van der Waals surface area contributed by atoms with Gasteiger partial charge in [0.15, 0.2) is 0 Å². The second-order valence-electron chi connectivity index (χ2n) is 9.97. The predicted molar refractivity (Wildman–Crippen MR) is 202 cm³/mol. The molecule has 46 heavy (non-hydrogen) atoms. The molecule has 238 valence electrons. The summed E-state index contributed by atoms with van der Waals surface area (Å²) < 4.78 is 14.7. The molecule has 0 radical (unpaired) electrons. The number of aryl methyl sites for hydroxylation is 2. The highest BCUT2D eigenvalue weighted by Crippen LogP contribution is 2.16. The molecule has 0 atom stereocenters. The third-order valence-corrected chi connectivity index (χ3v) is 7.36. The van der Waals surface area contributed by atoms with Crippen LogP contribution in [0.5, 0.6) is 11.5 Å². The Hall–Kier alpha value is -2.30. The van der Waals surface area contributed by atoms with E-state index in [1.54, 1.807) is 14.2 Å². The van der Waals surface area contributed by atoms with Crippen LogP contribution in [0.25, 0.3) is 46.1 Å². The van der Waals surface area contributed by atoms with Crippen molar-refractivity contribution in [2.75, 3.05) is 14.2 Å². The van der Waals surface area contributed by atoms with Crippen LogP contribution in [0, 0.1) is 0 Å². The Morgan fingerprint density at radius 3 is 1.15 bits per heavy atom. The van der Waals surface area contributed by atoms with Gasteiger partial charge in [-0.2, -0.15) is 9.13 Å². The Labute approximate surface area is 329 Å². The van der Waals surface area contributed by atoms with Crippen molar-refractivity contribution in [2.45, 2.75) is 0 Å². The van der Waals surface area contributed by atoms with Gasteiger partial charge in [0.2, 0.25) is 22.4 Å². The monoisotopic (exact) mass is 1060 g/mol. The van der Waals surface area contributed by atoms with Crippen molar-refractivity contribution in [1.82, 2.24) is 0 Å². The highest BCUT2D eigenvalue weighted by atomic mass is 128. The number of benzene rings is 4. The van der Waals surface area contributed by atoms with Crippen molar-refractivity contribution in [3.63, 3.8) is 0 Å². The molecule has 6 aromatic rings.